The van der Waals surface area contributed by atoms with Crippen molar-refractivity contribution in [3.8, 4) is 22.2 Å². The van der Waals surface area contributed by atoms with E-state index in [1.807, 2.05) is 54.8 Å². The maximum Gasteiger partial charge on any atom is 0.308 e. The molecule has 0 unspecified atom stereocenters. The van der Waals surface area contributed by atoms with Gasteiger partial charge in [0.25, 0.3) is 15.9 Å². The van der Waals surface area contributed by atoms with Gasteiger partial charge in [0.2, 0.25) is 0 Å². The van der Waals surface area contributed by atoms with E-state index in [0.717, 1.165) is 54.5 Å². The van der Waals surface area contributed by atoms with Crippen molar-refractivity contribution < 1.29 is 22.7 Å². The molecule has 3 N–H and O–H groups in total. The van der Waals surface area contributed by atoms with Crippen molar-refractivity contribution in [3.63, 3.8) is 0 Å². The van der Waals surface area contributed by atoms with E-state index >= 15 is 0 Å². The lowest BCUT2D eigenvalue weighted by Crippen LogP contribution is -2.23. The first-order valence-corrected chi connectivity index (χ1v) is 21.4. The minimum atomic E-state index is -3.96. The fourth-order valence-corrected chi connectivity index (χ4v) is 9.88. The maximum atomic E-state index is 13.4. The molecule has 0 saturated carbocycles. The molecule has 60 heavy (non-hydrogen) atoms. The van der Waals surface area contributed by atoms with E-state index < -0.39 is 16.1 Å². The number of esters is 1. The molecule has 13 nitrogen and oxygen atoms in total. The van der Waals surface area contributed by atoms with E-state index in [1.165, 1.54) is 13.2 Å². The van der Waals surface area contributed by atoms with Gasteiger partial charge in [0.1, 0.15) is 22.9 Å². The number of carbonyl (C=O) groups excluding carboxylic acids is 2. The molecule has 1 amide bonds. The normalized spacial score (nSPS) is 13.5. The van der Waals surface area contributed by atoms with Crippen LogP contribution in [0.5, 0.6) is 0 Å². The highest BCUT2D eigenvalue weighted by molar-refractivity contribution is 7.92. The van der Waals surface area contributed by atoms with E-state index in [9.17, 15) is 23.3 Å². The molecule has 3 aromatic heterocycles. The second-order valence-electron chi connectivity index (χ2n) is 14.7. The predicted octanol–water partition coefficient (Wildman–Crippen LogP) is 8.08. The molecule has 0 fully saturated rings. The summed E-state index contributed by atoms with van der Waals surface area (Å²) < 4.78 is 36.5. The number of H-pyrrole nitrogens is 1. The number of aliphatic imine (C=N–C) groups is 1. The Morgan fingerprint density at radius 3 is 2.30 bits per heavy atom. The van der Waals surface area contributed by atoms with Crippen LogP contribution >= 0.6 is 11.3 Å². The number of amides is 1. The lowest BCUT2D eigenvalue weighted by Gasteiger charge is -2.13. The second-order valence-corrected chi connectivity index (χ2v) is 17.6. The number of benzene rings is 4. The quantitative estimate of drug-likeness (QED) is 0.116. The number of fused-ring (bicyclic) bond motifs is 4. The smallest absolute Gasteiger partial charge is 0.308 e. The van der Waals surface area contributed by atoms with Gasteiger partial charge in [0.15, 0.2) is 5.82 Å². The molecule has 302 valence electrons. The highest BCUT2D eigenvalue weighted by Crippen LogP contribution is 2.40. The van der Waals surface area contributed by atoms with Crippen LogP contribution in [0.25, 0.3) is 27.0 Å². The zero-order valence-corrected chi connectivity index (χ0v) is 35.3. The number of nitrogens with zero attached hydrogens (tertiary/aromatic N) is 5. The third-order valence-corrected chi connectivity index (χ3v) is 13.5. The number of nitrogens with one attached hydrogen (secondary N) is 3. The zero-order chi connectivity index (χ0) is 42.5. The van der Waals surface area contributed by atoms with Gasteiger partial charge in [-0.3, -0.25) is 23.9 Å². The number of nitriles is 1. The van der Waals surface area contributed by atoms with E-state index in [4.69, 9.17) is 9.73 Å². The number of hydrogen-bond donors (Lipinski definition) is 3. The molecule has 4 aromatic carbocycles. The molecule has 7 aromatic rings. The zero-order valence-electron chi connectivity index (χ0n) is 33.7. The van der Waals surface area contributed by atoms with Crippen molar-refractivity contribution in [3.05, 3.63) is 146 Å². The number of rotatable bonds is 10. The van der Waals surface area contributed by atoms with Gasteiger partial charge in [-0.05, 0) is 98.3 Å². The SMILES string of the molecule is COC(=O)C[C@@H]1N=C(c2ccc(-c3ccc(C(=O)NCc4ccc(S(=O)(=O)Nc5ccc(C)c6c(C#N)c[nH]c56)cc4C)cc3)cc2)c2c(sc(C)c2C)-n2c(C)nnc21. The summed E-state index contributed by atoms with van der Waals surface area (Å²) in [6, 6.07) is 25.2. The Balaban J connectivity index is 0.958. The third-order valence-electron chi connectivity index (χ3n) is 10.9. The highest BCUT2D eigenvalue weighted by atomic mass is 32.2. The lowest BCUT2D eigenvalue weighted by molar-refractivity contribution is -0.141. The van der Waals surface area contributed by atoms with Crippen molar-refractivity contribution in [2.75, 3.05) is 11.8 Å². The molecule has 0 spiro atoms. The fourth-order valence-electron chi connectivity index (χ4n) is 7.51. The van der Waals surface area contributed by atoms with Gasteiger partial charge < -0.3 is 15.0 Å². The number of thiophene rings is 1. The minimum Gasteiger partial charge on any atom is -0.469 e. The van der Waals surface area contributed by atoms with E-state index in [0.29, 0.717) is 44.9 Å². The molecule has 0 saturated heterocycles. The molecule has 0 bridgehead atoms. The van der Waals surface area contributed by atoms with Gasteiger partial charge in [0, 0.05) is 39.7 Å². The van der Waals surface area contributed by atoms with Gasteiger partial charge in [-0.25, -0.2) is 8.42 Å². The summed E-state index contributed by atoms with van der Waals surface area (Å²) >= 11 is 1.65. The fraction of sp³-hybridized carbons (Fsp3) is 0.200. The minimum absolute atomic E-state index is 0.0245. The predicted molar refractivity (Wildman–Crippen MR) is 231 cm³/mol. The van der Waals surface area contributed by atoms with Crippen molar-refractivity contribution in [2.24, 2.45) is 4.99 Å². The summed E-state index contributed by atoms with van der Waals surface area (Å²) in [6.45, 7) is 9.92. The number of anilines is 1. The number of hydrogen-bond acceptors (Lipinski definition) is 10. The first kappa shape index (κ1) is 39.9. The largest absolute Gasteiger partial charge is 0.469 e. The van der Waals surface area contributed by atoms with E-state index in [1.54, 1.807) is 60.9 Å². The number of aromatic nitrogens is 4. The van der Waals surface area contributed by atoms with Crippen LogP contribution in [0.1, 0.15) is 78.3 Å². The third kappa shape index (κ3) is 7.24. The Kier molecular flexibility index (Phi) is 10.4. The molecular formula is C45H40N8O5S2. The summed E-state index contributed by atoms with van der Waals surface area (Å²) in [5.41, 5.74) is 9.74. The average molecular weight is 837 g/mol. The lowest BCUT2D eigenvalue weighted by atomic mass is 9.96. The molecule has 8 rings (SSSR count). The number of aromatic amines is 1. The van der Waals surface area contributed by atoms with Crippen LogP contribution in [0.2, 0.25) is 0 Å². The first-order valence-electron chi connectivity index (χ1n) is 19.1. The highest BCUT2D eigenvalue weighted by Gasteiger charge is 2.32. The van der Waals surface area contributed by atoms with Crippen LogP contribution in [0, 0.1) is 45.9 Å². The Morgan fingerprint density at radius 2 is 1.62 bits per heavy atom. The van der Waals surface area contributed by atoms with Gasteiger partial charge in [-0.15, -0.1) is 21.5 Å². The van der Waals surface area contributed by atoms with Crippen molar-refractivity contribution >= 4 is 55.5 Å². The van der Waals surface area contributed by atoms with Crippen LogP contribution in [0.15, 0.2) is 94.9 Å². The number of ether oxygens (including phenoxy) is 1. The summed E-state index contributed by atoms with van der Waals surface area (Å²) in [5.74, 6) is 0.657. The van der Waals surface area contributed by atoms with Crippen molar-refractivity contribution in [1.82, 2.24) is 25.1 Å². The van der Waals surface area contributed by atoms with Crippen LogP contribution < -0.4 is 10.0 Å². The Bertz CT molecular complexity index is 3040. The van der Waals surface area contributed by atoms with Crippen LogP contribution in [-0.2, 0) is 26.1 Å². The number of methoxy groups -OCH3 is 1. The van der Waals surface area contributed by atoms with Gasteiger partial charge in [0.05, 0.1) is 40.9 Å². The number of aryl methyl sites for hydroxylation is 4. The van der Waals surface area contributed by atoms with E-state index in [2.05, 4.69) is 45.1 Å². The molecular weight excluding hydrogens is 797 g/mol. The van der Waals surface area contributed by atoms with Crippen LogP contribution in [-0.4, -0.2) is 52.9 Å². The van der Waals surface area contributed by atoms with Gasteiger partial charge >= 0.3 is 5.97 Å². The summed E-state index contributed by atoms with van der Waals surface area (Å²) in [5, 5.41) is 22.8. The first-order chi connectivity index (χ1) is 28.8. The molecule has 1 aliphatic rings. The van der Waals surface area contributed by atoms with Crippen LogP contribution in [0.3, 0.4) is 0 Å². The standard InChI is InChI=1S/C45H40N8O5S2/c1-24-7-18-36(42-39(24)34(21-46)23-47-42)52-60(56,57)35-17-16-33(25(2)19-35)22-48-44(55)32-14-10-30(11-15-32)29-8-12-31(13-9-29)41-40-26(3)27(4)59-45(40)53-28(5)50-51-43(53)37(49-41)20-38(54)58-6/h7-19,23,37,47,52H,20,22H2,1-6H3,(H,48,55)/t37-/m0/s1. The molecule has 1 aliphatic heterocycles. The monoisotopic (exact) mass is 836 g/mol. The Labute approximate surface area is 350 Å². The van der Waals surface area contributed by atoms with Crippen molar-refractivity contribution in [2.45, 2.75) is 58.5 Å². The Morgan fingerprint density at radius 1 is 0.917 bits per heavy atom. The van der Waals surface area contributed by atoms with Crippen molar-refractivity contribution in [1.29, 1.82) is 5.26 Å². The topological polar surface area (TPSA) is 184 Å². The molecule has 0 radical (unpaired) electrons. The summed E-state index contributed by atoms with van der Waals surface area (Å²) in [6.07, 6.45) is 1.59. The number of sulfonamides is 1. The molecule has 1 atom stereocenters. The Hall–Kier alpha value is -6.89. The maximum absolute atomic E-state index is 13.4. The average Bonchev–Trinajstić information content (AvgIpc) is 3.92. The molecule has 4 heterocycles. The second kappa shape index (κ2) is 15.7. The van der Waals surface area contributed by atoms with E-state index in [-0.39, 0.29) is 29.7 Å². The summed E-state index contributed by atoms with van der Waals surface area (Å²) in [4.78, 5) is 35.1. The molecule has 15 heteroatoms. The summed E-state index contributed by atoms with van der Waals surface area (Å²) in [7, 11) is -2.60. The van der Waals surface area contributed by atoms with Crippen LogP contribution in [0.4, 0.5) is 5.69 Å². The molecule has 0 aliphatic carbocycles. The number of carbonyl (C=O) groups is 2. The van der Waals surface area contributed by atoms with Gasteiger partial charge in [-0.2, -0.15) is 5.26 Å². The van der Waals surface area contributed by atoms with Gasteiger partial charge in [-0.1, -0.05) is 48.5 Å².